The molecule has 0 aromatic heterocycles. The summed E-state index contributed by atoms with van der Waals surface area (Å²) in [6.07, 6.45) is 3.76. The van der Waals surface area contributed by atoms with Crippen molar-refractivity contribution >= 4 is 31.6 Å². The number of halogens is 1. The molecule has 21 heavy (non-hydrogen) atoms. The molecule has 2 saturated carbocycles. The number of nitro groups is 1. The van der Waals surface area contributed by atoms with Crippen molar-refractivity contribution in [3.05, 3.63) is 32.8 Å². The summed E-state index contributed by atoms with van der Waals surface area (Å²) in [5, 5.41) is 11.1. The van der Waals surface area contributed by atoms with Crippen LogP contribution >= 0.6 is 15.9 Å². The van der Waals surface area contributed by atoms with Crippen molar-refractivity contribution < 1.29 is 13.3 Å². The highest BCUT2D eigenvalue weighted by molar-refractivity contribution is 9.10. The molecule has 0 bridgehead atoms. The van der Waals surface area contributed by atoms with E-state index >= 15 is 0 Å². The van der Waals surface area contributed by atoms with Crippen LogP contribution in [0, 0.1) is 16.0 Å². The quantitative estimate of drug-likeness (QED) is 0.566. The van der Waals surface area contributed by atoms with E-state index in [4.69, 9.17) is 0 Å². The Morgan fingerprint density at radius 1 is 1.29 bits per heavy atom. The Bertz CT molecular complexity index is 683. The molecule has 0 spiro atoms. The first-order valence-corrected chi connectivity index (χ1v) is 9.08. The topological polar surface area (TPSA) is 80.5 Å². The number of hydrogen-bond donors (Lipinski definition) is 0. The average Bonchev–Trinajstić information content (AvgIpc) is 3.27. The molecule has 114 valence electrons. The van der Waals surface area contributed by atoms with Gasteiger partial charge in [0.05, 0.1) is 4.92 Å². The van der Waals surface area contributed by atoms with Gasteiger partial charge in [0.25, 0.3) is 5.69 Å². The number of benzene rings is 1. The first kappa shape index (κ1) is 14.9. The molecule has 2 fully saturated rings. The van der Waals surface area contributed by atoms with Crippen molar-refractivity contribution in [1.29, 1.82) is 0 Å². The average molecular weight is 375 g/mol. The second-order valence-electron chi connectivity index (χ2n) is 5.62. The number of sulfonamides is 1. The summed E-state index contributed by atoms with van der Waals surface area (Å²) in [4.78, 5) is 10.3. The summed E-state index contributed by atoms with van der Waals surface area (Å²) < 4.78 is 27.7. The molecule has 0 atom stereocenters. The van der Waals surface area contributed by atoms with Gasteiger partial charge in [0, 0.05) is 23.1 Å². The minimum absolute atomic E-state index is 0.00851. The number of nitro benzene ring substituents is 1. The molecule has 0 amide bonds. The third-order valence-corrected chi connectivity index (χ3v) is 6.24. The summed E-state index contributed by atoms with van der Waals surface area (Å²) >= 11 is 3.20. The van der Waals surface area contributed by atoms with Crippen LogP contribution in [0.5, 0.6) is 0 Å². The lowest BCUT2D eigenvalue weighted by Gasteiger charge is -2.21. The van der Waals surface area contributed by atoms with E-state index in [2.05, 4.69) is 15.9 Å². The van der Waals surface area contributed by atoms with E-state index in [1.54, 1.807) is 0 Å². The van der Waals surface area contributed by atoms with Crippen molar-refractivity contribution in [2.45, 2.75) is 36.6 Å². The van der Waals surface area contributed by atoms with Gasteiger partial charge in [0.2, 0.25) is 10.0 Å². The van der Waals surface area contributed by atoms with Crippen molar-refractivity contribution in [2.75, 3.05) is 6.54 Å². The van der Waals surface area contributed by atoms with Gasteiger partial charge in [0.1, 0.15) is 0 Å². The number of nitrogens with zero attached hydrogens (tertiary/aromatic N) is 2. The standard InChI is InChI=1S/C13H15BrN2O4S/c14-10-3-6-12(16(17)18)13(7-10)21(19,20)15(11-4-5-11)8-9-1-2-9/h3,6-7,9,11H,1-2,4-5,8H2. The molecule has 2 aliphatic carbocycles. The minimum atomic E-state index is -3.83. The predicted molar refractivity (Wildman–Crippen MR) is 80.4 cm³/mol. The fourth-order valence-electron chi connectivity index (χ4n) is 2.33. The first-order valence-electron chi connectivity index (χ1n) is 6.85. The van der Waals surface area contributed by atoms with Crippen LogP contribution in [-0.4, -0.2) is 30.2 Å². The lowest BCUT2D eigenvalue weighted by atomic mass is 10.3. The van der Waals surface area contributed by atoms with Gasteiger partial charge in [-0.25, -0.2) is 8.42 Å². The maximum absolute atomic E-state index is 12.9. The fraction of sp³-hybridized carbons (Fsp3) is 0.538. The molecule has 1 aromatic carbocycles. The summed E-state index contributed by atoms with van der Waals surface area (Å²) in [6.45, 7) is 0.483. The Morgan fingerprint density at radius 2 is 1.95 bits per heavy atom. The molecule has 0 N–H and O–H groups in total. The minimum Gasteiger partial charge on any atom is -0.258 e. The molecular formula is C13H15BrN2O4S. The summed E-state index contributed by atoms with van der Waals surface area (Å²) in [7, 11) is -3.83. The van der Waals surface area contributed by atoms with E-state index < -0.39 is 14.9 Å². The Kier molecular flexibility index (Phi) is 3.79. The van der Waals surface area contributed by atoms with Crippen LogP contribution in [0.3, 0.4) is 0 Å². The number of rotatable bonds is 6. The summed E-state index contributed by atoms with van der Waals surface area (Å²) in [5.41, 5.74) is -0.361. The van der Waals surface area contributed by atoms with Crippen LogP contribution in [0.2, 0.25) is 0 Å². The van der Waals surface area contributed by atoms with E-state index in [1.165, 1.54) is 22.5 Å². The van der Waals surface area contributed by atoms with E-state index in [9.17, 15) is 18.5 Å². The maximum atomic E-state index is 12.9. The smallest absolute Gasteiger partial charge is 0.258 e. The van der Waals surface area contributed by atoms with Gasteiger partial charge < -0.3 is 0 Å². The highest BCUT2D eigenvalue weighted by Gasteiger charge is 2.43. The van der Waals surface area contributed by atoms with Gasteiger partial charge in [-0.15, -0.1) is 0 Å². The van der Waals surface area contributed by atoms with Crippen LogP contribution < -0.4 is 0 Å². The van der Waals surface area contributed by atoms with Crippen LogP contribution in [-0.2, 0) is 10.0 Å². The SMILES string of the molecule is O=[N+]([O-])c1ccc(Br)cc1S(=O)(=O)N(CC1CC1)C1CC1. The first-order chi connectivity index (χ1) is 9.89. The van der Waals surface area contributed by atoms with Gasteiger partial charge >= 0.3 is 0 Å². The Morgan fingerprint density at radius 3 is 2.48 bits per heavy atom. The van der Waals surface area contributed by atoms with Gasteiger partial charge in [-0.3, -0.25) is 10.1 Å². The van der Waals surface area contributed by atoms with E-state index in [0.717, 1.165) is 25.7 Å². The molecule has 1 aromatic rings. The fourth-order valence-corrected chi connectivity index (χ4v) is 4.79. The Labute approximate surface area is 131 Å². The lowest BCUT2D eigenvalue weighted by Crippen LogP contribution is -2.35. The van der Waals surface area contributed by atoms with Crippen molar-refractivity contribution in [2.24, 2.45) is 5.92 Å². The van der Waals surface area contributed by atoms with Crippen LogP contribution in [0.4, 0.5) is 5.69 Å². The van der Waals surface area contributed by atoms with E-state index in [0.29, 0.717) is 16.9 Å². The normalized spacial score (nSPS) is 19.0. The highest BCUT2D eigenvalue weighted by Crippen LogP contribution is 2.40. The van der Waals surface area contributed by atoms with E-state index in [-0.39, 0.29) is 16.6 Å². The van der Waals surface area contributed by atoms with Crippen LogP contribution in [0.25, 0.3) is 0 Å². The highest BCUT2D eigenvalue weighted by atomic mass is 79.9. The van der Waals surface area contributed by atoms with Crippen molar-refractivity contribution in [3.8, 4) is 0 Å². The molecule has 8 heteroatoms. The molecule has 0 saturated heterocycles. The van der Waals surface area contributed by atoms with Crippen molar-refractivity contribution in [3.63, 3.8) is 0 Å². The third-order valence-electron chi connectivity index (χ3n) is 3.79. The van der Waals surface area contributed by atoms with Crippen LogP contribution in [0.1, 0.15) is 25.7 Å². The monoisotopic (exact) mass is 374 g/mol. The molecule has 6 nitrogen and oxygen atoms in total. The van der Waals surface area contributed by atoms with Gasteiger partial charge in [-0.1, -0.05) is 15.9 Å². The zero-order valence-electron chi connectivity index (χ0n) is 11.2. The molecule has 2 aliphatic rings. The zero-order chi connectivity index (χ0) is 15.2. The lowest BCUT2D eigenvalue weighted by molar-refractivity contribution is -0.387. The molecule has 0 radical (unpaired) electrons. The summed E-state index contributed by atoms with van der Waals surface area (Å²) in [6, 6.07) is 4.06. The van der Waals surface area contributed by atoms with Gasteiger partial charge in [-0.2, -0.15) is 4.31 Å². The largest absolute Gasteiger partial charge is 0.289 e. The Hall–Kier alpha value is -0.990. The second kappa shape index (κ2) is 5.33. The third kappa shape index (κ3) is 3.12. The molecule has 0 heterocycles. The maximum Gasteiger partial charge on any atom is 0.289 e. The van der Waals surface area contributed by atoms with Gasteiger partial charge in [-0.05, 0) is 43.7 Å². The molecule has 0 unspecified atom stereocenters. The Balaban J connectivity index is 2.03. The van der Waals surface area contributed by atoms with Gasteiger partial charge in [0.15, 0.2) is 4.90 Å². The number of hydrogen-bond acceptors (Lipinski definition) is 4. The van der Waals surface area contributed by atoms with E-state index in [1.807, 2.05) is 0 Å². The predicted octanol–water partition coefficient (Wildman–Crippen LogP) is 2.92. The zero-order valence-corrected chi connectivity index (χ0v) is 13.6. The molecule has 3 rings (SSSR count). The molecular weight excluding hydrogens is 360 g/mol. The van der Waals surface area contributed by atoms with Crippen LogP contribution in [0.15, 0.2) is 27.6 Å². The van der Waals surface area contributed by atoms with Crippen molar-refractivity contribution in [1.82, 2.24) is 4.31 Å². The summed E-state index contributed by atoms with van der Waals surface area (Å²) in [5.74, 6) is 0.409. The second-order valence-corrected chi connectivity index (χ2v) is 8.39. The molecule has 0 aliphatic heterocycles.